The van der Waals surface area contributed by atoms with Crippen LogP contribution in [0.1, 0.15) is 0 Å². The highest BCUT2D eigenvalue weighted by Gasteiger charge is 2.37. The van der Waals surface area contributed by atoms with E-state index in [-0.39, 0.29) is 24.6 Å². The highest BCUT2D eigenvalue weighted by atomic mass is 32.2. The van der Waals surface area contributed by atoms with Gasteiger partial charge in [-0.2, -0.15) is 0 Å². The van der Waals surface area contributed by atoms with E-state index in [1.165, 1.54) is 23.5 Å². The van der Waals surface area contributed by atoms with E-state index in [1.54, 1.807) is 67.8 Å². The van der Waals surface area contributed by atoms with Crippen LogP contribution in [0.15, 0.2) is 77.7 Å². The van der Waals surface area contributed by atoms with Crippen molar-refractivity contribution in [2.45, 2.75) is 11.0 Å². The van der Waals surface area contributed by atoms with E-state index in [0.29, 0.717) is 22.9 Å². The van der Waals surface area contributed by atoms with Crippen molar-refractivity contribution in [3.05, 3.63) is 72.8 Å². The van der Waals surface area contributed by atoms with Crippen LogP contribution in [0.3, 0.4) is 0 Å². The molecule has 9 nitrogen and oxygen atoms in total. The molecule has 1 aliphatic heterocycles. The number of sulfonamides is 1. The molecule has 1 atom stereocenters. The third-order valence-electron chi connectivity index (χ3n) is 5.40. The van der Waals surface area contributed by atoms with E-state index in [1.807, 2.05) is 0 Å². The fourth-order valence-electron chi connectivity index (χ4n) is 3.57. The molecule has 1 amide bonds. The number of amides is 1. The zero-order chi connectivity index (χ0) is 24.8. The number of methoxy groups -OCH3 is 2. The van der Waals surface area contributed by atoms with Gasteiger partial charge in [-0.3, -0.25) is 9.10 Å². The molecule has 0 bridgehead atoms. The SMILES string of the molecule is COc1ccc(OCCNC(=O)[C@H]2CN(S(=O)(=O)c3ccc(OC)cc3)c3ccccc3O2)cc1. The number of hydrogen-bond acceptors (Lipinski definition) is 7. The normalized spacial score (nSPS) is 14.9. The lowest BCUT2D eigenvalue weighted by Gasteiger charge is -2.34. The number of carbonyl (C=O) groups is 1. The highest BCUT2D eigenvalue weighted by molar-refractivity contribution is 7.92. The fraction of sp³-hybridized carbons (Fsp3) is 0.240. The van der Waals surface area contributed by atoms with E-state index >= 15 is 0 Å². The van der Waals surface area contributed by atoms with Crippen LogP contribution in [0.4, 0.5) is 5.69 Å². The van der Waals surface area contributed by atoms with Crippen LogP contribution in [0.5, 0.6) is 23.0 Å². The number of para-hydroxylation sites is 2. The van der Waals surface area contributed by atoms with Crippen molar-refractivity contribution in [1.29, 1.82) is 0 Å². The number of benzene rings is 3. The summed E-state index contributed by atoms with van der Waals surface area (Å²) in [4.78, 5) is 12.9. The number of nitrogens with zero attached hydrogens (tertiary/aromatic N) is 1. The van der Waals surface area contributed by atoms with Gasteiger partial charge in [-0.15, -0.1) is 0 Å². The lowest BCUT2D eigenvalue weighted by molar-refractivity contribution is -0.127. The molecule has 1 N–H and O–H groups in total. The Kier molecular flexibility index (Phi) is 7.31. The molecule has 1 heterocycles. The number of carbonyl (C=O) groups excluding carboxylic acids is 1. The van der Waals surface area contributed by atoms with Gasteiger partial charge in [0.2, 0.25) is 0 Å². The summed E-state index contributed by atoms with van der Waals surface area (Å²) in [5, 5.41) is 2.75. The minimum absolute atomic E-state index is 0.0852. The Morgan fingerprint density at radius 2 is 1.54 bits per heavy atom. The third-order valence-corrected chi connectivity index (χ3v) is 7.20. The first-order valence-corrected chi connectivity index (χ1v) is 12.3. The predicted molar refractivity (Wildman–Crippen MR) is 130 cm³/mol. The zero-order valence-corrected chi connectivity index (χ0v) is 20.2. The molecule has 4 rings (SSSR count). The predicted octanol–water partition coefficient (Wildman–Crippen LogP) is 2.86. The molecule has 0 saturated carbocycles. The molecule has 35 heavy (non-hydrogen) atoms. The van der Waals surface area contributed by atoms with Gasteiger partial charge in [0, 0.05) is 0 Å². The number of ether oxygens (including phenoxy) is 4. The first-order valence-electron chi connectivity index (χ1n) is 10.9. The van der Waals surface area contributed by atoms with Crippen molar-refractivity contribution < 1.29 is 32.2 Å². The molecule has 3 aromatic carbocycles. The lowest BCUT2D eigenvalue weighted by Crippen LogP contribution is -2.51. The summed E-state index contributed by atoms with van der Waals surface area (Å²) >= 11 is 0. The molecule has 0 aromatic heterocycles. The van der Waals surface area contributed by atoms with Crippen molar-refractivity contribution >= 4 is 21.6 Å². The van der Waals surface area contributed by atoms with Gasteiger partial charge in [-0.25, -0.2) is 8.42 Å². The molecule has 0 spiro atoms. The lowest BCUT2D eigenvalue weighted by atomic mass is 10.2. The van der Waals surface area contributed by atoms with Crippen LogP contribution < -0.4 is 28.6 Å². The van der Waals surface area contributed by atoms with Crippen LogP contribution in [0, 0.1) is 0 Å². The zero-order valence-electron chi connectivity index (χ0n) is 19.3. The molecule has 0 aliphatic carbocycles. The molecule has 10 heteroatoms. The maximum absolute atomic E-state index is 13.4. The third kappa shape index (κ3) is 5.43. The Balaban J connectivity index is 1.44. The minimum Gasteiger partial charge on any atom is -0.497 e. The number of anilines is 1. The first kappa shape index (κ1) is 24.2. The van der Waals surface area contributed by atoms with Gasteiger partial charge in [0.25, 0.3) is 15.9 Å². The van der Waals surface area contributed by atoms with Crippen LogP contribution in [-0.4, -0.2) is 54.3 Å². The van der Waals surface area contributed by atoms with Crippen LogP contribution in [0.25, 0.3) is 0 Å². The summed E-state index contributed by atoms with van der Waals surface area (Å²) in [6.45, 7) is 0.281. The Morgan fingerprint density at radius 1 is 0.943 bits per heavy atom. The average Bonchev–Trinajstić information content (AvgIpc) is 2.90. The molecule has 0 radical (unpaired) electrons. The minimum atomic E-state index is -3.95. The standard InChI is InChI=1S/C25H26N2O7S/c1-31-18-7-9-20(10-8-18)33-16-15-26-25(28)24-17-27(22-5-3-4-6-23(22)34-24)35(29,30)21-13-11-19(32-2)12-14-21/h3-14,24H,15-17H2,1-2H3,(H,26,28)/t24-/m1/s1. The van der Waals surface area contributed by atoms with Gasteiger partial charge in [0.05, 0.1) is 37.9 Å². The van der Waals surface area contributed by atoms with Gasteiger partial charge in [0.1, 0.15) is 29.6 Å². The smallest absolute Gasteiger partial charge is 0.264 e. The summed E-state index contributed by atoms with van der Waals surface area (Å²) in [5.41, 5.74) is 0.371. The molecule has 0 fully saturated rings. The van der Waals surface area contributed by atoms with Crippen LogP contribution >= 0.6 is 0 Å². The summed E-state index contributed by atoms with van der Waals surface area (Å²) in [6.07, 6.45) is -1.03. The van der Waals surface area contributed by atoms with Gasteiger partial charge in [-0.1, -0.05) is 12.1 Å². The van der Waals surface area contributed by atoms with E-state index in [0.717, 1.165) is 5.75 Å². The van der Waals surface area contributed by atoms with Gasteiger partial charge in [-0.05, 0) is 60.7 Å². The number of nitrogens with one attached hydrogen (secondary N) is 1. The van der Waals surface area contributed by atoms with E-state index in [4.69, 9.17) is 18.9 Å². The highest BCUT2D eigenvalue weighted by Crippen LogP contribution is 2.37. The Bertz CT molecular complexity index is 1260. The molecular formula is C25H26N2O7S. The molecule has 3 aromatic rings. The van der Waals surface area contributed by atoms with Gasteiger partial charge in [0.15, 0.2) is 6.10 Å². The van der Waals surface area contributed by atoms with Gasteiger partial charge >= 0.3 is 0 Å². The van der Waals surface area contributed by atoms with E-state index in [2.05, 4.69) is 5.32 Å². The summed E-state index contributed by atoms with van der Waals surface area (Å²) < 4.78 is 49.8. The summed E-state index contributed by atoms with van der Waals surface area (Å²) in [5.74, 6) is 1.77. The maximum Gasteiger partial charge on any atom is 0.264 e. The largest absolute Gasteiger partial charge is 0.497 e. The molecule has 1 aliphatic rings. The molecule has 184 valence electrons. The maximum atomic E-state index is 13.4. The fourth-order valence-corrected chi connectivity index (χ4v) is 5.05. The summed E-state index contributed by atoms with van der Waals surface area (Å²) in [6, 6.07) is 19.9. The van der Waals surface area contributed by atoms with Crippen molar-refractivity contribution in [3.8, 4) is 23.0 Å². The van der Waals surface area contributed by atoms with Crippen molar-refractivity contribution in [2.24, 2.45) is 0 Å². The van der Waals surface area contributed by atoms with E-state index < -0.39 is 22.0 Å². The second-order valence-corrected chi connectivity index (χ2v) is 9.46. The Morgan fingerprint density at radius 3 is 2.20 bits per heavy atom. The number of fused-ring (bicyclic) bond motifs is 1. The molecular weight excluding hydrogens is 472 g/mol. The number of rotatable bonds is 9. The molecule has 0 unspecified atom stereocenters. The Hall–Kier alpha value is -3.92. The van der Waals surface area contributed by atoms with Crippen molar-refractivity contribution in [1.82, 2.24) is 5.32 Å². The van der Waals surface area contributed by atoms with Crippen molar-refractivity contribution in [2.75, 3.05) is 38.2 Å². The Labute approximate surface area is 204 Å². The molecule has 0 saturated heterocycles. The van der Waals surface area contributed by atoms with Crippen LogP contribution in [0.2, 0.25) is 0 Å². The topological polar surface area (TPSA) is 103 Å². The van der Waals surface area contributed by atoms with Gasteiger partial charge < -0.3 is 24.3 Å². The average molecular weight is 499 g/mol. The number of hydrogen-bond donors (Lipinski definition) is 1. The monoisotopic (exact) mass is 498 g/mol. The van der Waals surface area contributed by atoms with Crippen molar-refractivity contribution in [3.63, 3.8) is 0 Å². The second-order valence-electron chi connectivity index (χ2n) is 7.60. The van der Waals surface area contributed by atoms with Crippen LogP contribution in [-0.2, 0) is 14.8 Å². The summed E-state index contributed by atoms with van der Waals surface area (Å²) in [7, 11) is -0.860. The quantitative estimate of drug-likeness (QED) is 0.453. The first-order chi connectivity index (χ1) is 16.9. The second kappa shape index (κ2) is 10.6. The van der Waals surface area contributed by atoms with E-state index in [9.17, 15) is 13.2 Å².